The van der Waals surface area contributed by atoms with Crippen molar-refractivity contribution < 1.29 is 14.3 Å². The minimum atomic E-state index is -0.0710. The van der Waals surface area contributed by atoms with Crippen LogP contribution in [0.15, 0.2) is 60.8 Å². The molecule has 2 heterocycles. The van der Waals surface area contributed by atoms with E-state index in [1.807, 2.05) is 47.4 Å². The molecule has 1 aromatic heterocycles. The third-order valence-electron chi connectivity index (χ3n) is 5.24. The van der Waals surface area contributed by atoms with E-state index in [1.54, 1.807) is 12.3 Å². The lowest BCUT2D eigenvalue weighted by molar-refractivity contribution is -0.115. The van der Waals surface area contributed by atoms with E-state index in [-0.39, 0.29) is 18.7 Å². The average molecular weight is 376 g/mol. The Labute approximate surface area is 165 Å². The molecule has 1 amide bonds. The summed E-state index contributed by atoms with van der Waals surface area (Å²) in [4.78, 5) is 19.8. The number of pyridine rings is 1. The smallest absolute Gasteiger partial charge is 0.259 e. The molecule has 1 fully saturated rings. The fraction of sp³-hybridized carbons (Fsp3) is 0.304. The van der Waals surface area contributed by atoms with Crippen LogP contribution in [0.4, 0.5) is 5.82 Å². The van der Waals surface area contributed by atoms with Crippen molar-refractivity contribution in [2.75, 3.05) is 11.7 Å². The molecule has 0 bridgehead atoms. The molecule has 0 atom stereocenters. The SMILES string of the molecule is C=C/C(=C\c1ccc2c(c1)OCO2)C(=O)N(c1ccccn1)C1CCCCC1. The Kier molecular flexibility index (Phi) is 5.42. The highest BCUT2D eigenvalue weighted by molar-refractivity contribution is 6.10. The van der Waals surface area contributed by atoms with E-state index in [1.165, 1.54) is 6.42 Å². The first-order valence-corrected chi connectivity index (χ1v) is 9.74. The molecule has 0 spiro atoms. The minimum absolute atomic E-state index is 0.0710. The molecule has 144 valence electrons. The Morgan fingerprint density at radius 1 is 1.11 bits per heavy atom. The molecule has 4 rings (SSSR count). The fourth-order valence-electron chi connectivity index (χ4n) is 3.82. The lowest BCUT2D eigenvalue weighted by Crippen LogP contribution is -2.42. The number of rotatable bonds is 5. The number of nitrogens with zero attached hydrogens (tertiary/aromatic N) is 2. The lowest BCUT2D eigenvalue weighted by atomic mass is 9.93. The second kappa shape index (κ2) is 8.30. The van der Waals surface area contributed by atoms with E-state index in [0.717, 1.165) is 37.0 Å². The van der Waals surface area contributed by atoms with Gasteiger partial charge in [-0.25, -0.2) is 4.98 Å². The summed E-state index contributed by atoms with van der Waals surface area (Å²) in [7, 11) is 0. The van der Waals surface area contributed by atoms with E-state index in [9.17, 15) is 4.79 Å². The zero-order chi connectivity index (χ0) is 19.3. The van der Waals surface area contributed by atoms with E-state index in [0.29, 0.717) is 17.1 Å². The number of hydrogen-bond acceptors (Lipinski definition) is 4. The summed E-state index contributed by atoms with van der Waals surface area (Å²) in [6, 6.07) is 11.5. The summed E-state index contributed by atoms with van der Waals surface area (Å²) in [5.41, 5.74) is 1.41. The average Bonchev–Trinajstić information content (AvgIpc) is 3.21. The molecule has 5 nitrogen and oxygen atoms in total. The van der Waals surface area contributed by atoms with E-state index in [4.69, 9.17) is 9.47 Å². The Morgan fingerprint density at radius 2 is 1.93 bits per heavy atom. The van der Waals surface area contributed by atoms with Crippen LogP contribution < -0.4 is 14.4 Å². The van der Waals surface area contributed by atoms with Gasteiger partial charge in [0.15, 0.2) is 11.5 Å². The summed E-state index contributed by atoms with van der Waals surface area (Å²) in [6.07, 6.45) is 10.7. The first-order chi connectivity index (χ1) is 13.8. The second-order valence-electron chi connectivity index (χ2n) is 7.07. The van der Waals surface area contributed by atoms with Gasteiger partial charge in [-0.15, -0.1) is 0 Å². The molecular weight excluding hydrogens is 352 g/mol. The topological polar surface area (TPSA) is 51.7 Å². The molecule has 28 heavy (non-hydrogen) atoms. The lowest BCUT2D eigenvalue weighted by Gasteiger charge is -2.34. The van der Waals surface area contributed by atoms with E-state index < -0.39 is 0 Å². The van der Waals surface area contributed by atoms with E-state index in [2.05, 4.69) is 11.6 Å². The summed E-state index contributed by atoms with van der Waals surface area (Å²) in [5.74, 6) is 2.04. The molecule has 2 aromatic rings. The summed E-state index contributed by atoms with van der Waals surface area (Å²) in [6.45, 7) is 4.11. The maximum Gasteiger partial charge on any atom is 0.259 e. The van der Waals surface area contributed by atoms with Crippen LogP contribution in [0.25, 0.3) is 6.08 Å². The number of ether oxygens (including phenoxy) is 2. The van der Waals surface area contributed by atoms with Crippen LogP contribution in [0, 0.1) is 0 Å². The van der Waals surface area contributed by atoms with Crippen molar-refractivity contribution in [3.05, 3.63) is 66.4 Å². The van der Waals surface area contributed by atoms with Gasteiger partial charge in [-0.3, -0.25) is 9.69 Å². The first-order valence-electron chi connectivity index (χ1n) is 9.74. The quantitative estimate of drug-likeness (QED) is 0.558. The predicted molar refractivity (Wildman–Crippen MR) is 109 cm³/mol. The molecule has 5 heteroatoms. The van der Waals surface area contributed by atoms with Gasteiger partial charge in [0.1, 0.15) is 5.82 Å². The van der Waals surface area contributed by atoms with Crippen LogP contribution in [-0.4, -0.2) is 23.7 Å². The minimum Gasteiger partial charge on any atom is -0.454 e. The van der Waals surface area contributed by atoms with Crippen LogP contribution in [0.2, 0.25) is 0 Å². The number of amides is 1. The van der Waals surface area contributed by atoms with Crippen molar-refractivity contribution in [2.24, 2.45) is 0 Å². The van der Waals surface area contributed by atoms with Crippen LogP contribution in [0.1, 0.15) is 37.7 Å². The van der Waals surface area contributed by atoms with Crippen molar-refractivity contribution in [2.45, 2.75) is 38.1 Å². The van der Waals surface area contributed by atoms with Crippen molar-refractivity contribution in [1.82, 2.24) is 4.98 Å². The molecular formula is C23H24N2O3. The largest absolute Gasteiger partial charge is 0.454 e. The van der Waals surface area contributed by atoms with Gasteiger partial charge in [0.2, 0.25) is 6.79 Å². The fourth-order valence-corrected chi connectivity index (χ4v) is 3.82. The Hall–Kier alpha value is -3.08. The monoisotopic (exact) mass is 376 g/mol. The van der Waals surface area contributed by atoms with Crippen LogP contribution in [0.5, 0.6) is 11.5 Å². The van der Waals surface area contributed by atoms with Crippen molar-refractivity contribution in [1.29, 1.82) is 0 Å². The Morgan fingerprint density at radius 3 is 2.68 bits per heavy atom. The van der Waals surface area contributed by atoms with Gasteiger partial charge in [0, 0.05) is 17.8 Å². The Bertz CT molecular complexity index is 886. The molecule has 1 saturated carbocycles. The molecule has 0 saturated heterocycles. The molecule has 1 aromatic carbocycles. The molecule has 1 aliphatic heterocycles. The van der Waals surface area contributed by atoms with Gasteiger partial charge < -0.3 is 9.47 Å². The van der Waals surface area contributed by atoms with Crippen LogP contribution in [-0.2, 0) is 4.79 Å². The highest BCUT2D eigenvalue weighted by Gasteiger charge is 2.29. The summed E-state index contributed by atoms with van der Waals surface area (Å²) in [5, 5.41) is 0. The van der Waals surface area contributed by atoms with Gasteiger partial charge in [0.25, 0.3) is 5.91 Å². The maximum absolute atomic E-state index is 13.5. The highest BCUT2D eigenvalue weighted by Crippen LogP contribution is 2.33. The molecule has 0 unspecified atom stereocenters. The van der Waals surface area contributed by atoms with Crippen molar-refractivity contribution in [3.8, 4) is 11.5 Å². The second-order valence-corrected chi connectivity index (χ2v) is 7.07. The third kappa shape index (κ3) is 3.79. The van der Waals surface area contributed by atoms with E-state index >= 15 is 0 Å². The summed E-state index contributed by atoms with van der Waals surface area (Å²) < 4.78 is 10.8. The molecule has 0 N–H and O–H groups in total. The zero-order valence-electron chi connectivity index (χ0n) is 15.8. The van der Waals surface area contributed by atoms with Crippen LogP contribution >= 0.6 is 0 Å². The first kappa shape index (κ1) is 18.3. The van der Waals surface area contributed by atoms with Crippen LogP contribution in [0.3, 0.4) is 0 Å². The predicted octanol–water partition coefficient (Wildman–Crippen LogP) is 4.75. The number of fused-ring (bicyclic) bond motifs is 1. The zero-order valence-corrected chi connectivity index (χ0v) is 15.8. The summed E-state index contributed by atoms with van der Waals surface area (Å²) >= 11 is 0. The number of carbonyl (C=O) groups excluding carboxylic acids is 1. The molecule has 2 aliphatic rings. The van der Waals surface area contributed by atoms with Gasteiger partial charge >= 0.3 is 0 Å². The standard InChI is InChI=1S/C23H24N2O3/c1-2-18(14-17-11-12-20-21(15-17)28-16-27-20)23(26)25(19-8-4-3-5-9-19)22-10-6-7-13-24-22/h2,6-7,10-15,19H,1,3-5,8-9,16H2/b18-14+. The van der Waals surface area contributed by atoms with Crippen molar-refractivity contribution in [3.63, 3.8) is 0 Å². The number of carbonyl (C=O) groups is 1. The van der Waals surface area contributed by atoms with Crippen molar-refractivity contribution >= 4 is 17.8 Å². The normalized spacial score (nSPS) is 16.6. The van der Waals surface area contributed by atoms with Gasteiger partial charge in [0.05, 0.1) is 0 Å². The highest BCUT2D eigenvalue weighted by atomic mass is 16.7. The van der Waals surface area contributed by atoms with Gasteiger partial charge in [-0.05, 0) is 48.7 Å². The maximum atomic E-state index is 13.5. The number of anilines is 1. The number of aromatic nitrogens is 1. The molecule has 1 aliphatic carbocycles. The Balaban J connectivity index is 1.66. The molecule has 0 radical (unpaired) electrons. The number of benzene rings is 1. The third-order valence-corrected chi connectivity index (χ3v) is 5.24. The number of hydrogen-bond donors (Lipinski definition) is 0. The van der Waals surface area contributed by atoms with Gasteiger partial charge in [-0.1, -0.05) is 44.1 Å². The van der Waals surface area contributed by atoms with Gasteiger partial charge in [-0.2, -0.15) is 0 Å².